The van der Waals surface area contributed by atoms with E-state index < -0.39 is 0 Å². The van der Waals surface area contributed by atoms with Crippen LogP contribution in [0.25, 0.3) is 0 Å². The molecule has 1 N–H and O–H groups in total. The third-order valence-corrected chi connectivity index (χ3v) is 4.70. The number of halogens is 1. The van der Waals surface area contributed by atoms with E-state index in [1.54, 1.807) is 12.4 Å². The summed E-state index contributed by atoms with van der Waals surface area (Å²) in [5.41, 5.74) is 1.05. The molecule has 4 nitrogen and oxygen atoms in total. The predicted octanol–water partition coefficient (Wildman–Crippen LogP) is 2.62. The average molecular weight is 294 g/mol. The van der Waals surface area contributed by atoms with E-state index >= 15 is 0 Å². The first-order chi connectivity index (χ1) is 9.74. The summed E-state index contributed by atoms with van der Waals surface area (Å²) in [4.78, 5) is 18.2. The highest BCUT2D eigenvalue weighted by atomic mass is 35.5. The lowest BCUT2D eigenvalue weighted by molar-refractivity contribution is -0.128. The van der Waals surface area contributed by atoms with E-state index in [0.29, 0.717) is 11.1 Å². The van der Waals surface area contributed by atoms with Gasteiger partial charge in [0.25, 0.3) is 0 Å². The summed E-state index contributed by atoms with van der Waals surface area (Å²) in [6.07, 6.45) is 8.76. The average Bonchev–Trinajstić information content (AvgIpc) is 2.38. The van der Waals surface area contributed by atoms with Crippen molar-refractivity contribution in [2.75, 3.05) is 18.0 Å². The Bertz CT molecular complexity index is 482. The molecule has 3 rings (SSSR count). The molecule has 0 radical (unpaired) electrons. The second-order valence-electron chi connectivity index (χ2n) is 5.72. The first-order valence-corrected chi connectivity index (χ1v) is 7.76. The Hall–Kier alpha value is -1.29. The Kier molecular flexibility index (Phi) is 4.10. The number of hydrogen-bond acceptors (Lipinski definition) is 3. The monoisotopic (exact) mass is 293 g/mol. The number of pyridine rings is 1. The number of anilines is 1. The molecule has 1 aliphatic carbocycles. The van der Waals surface area contributed by atoms with Crippen LogP contribution in [-0.2, 0) is 4.79 Å². The summed E-state index contributed by atoms with van der Waals surface area (Å²) in [5, 5.41) is 3.90. The van der Waals surface area contributed by atoms with Gasteiger partial charge in [0.2, 0.25) is 5.91 Å². The Morgan fingerprint density at radius 3 is 2.65 bits per heavy atom. The lowest BCUT2D eigenvalue weighted by Crippen LogP contribution is -2.47. The Balaban J connectivity index is 1.52. The predicted molar refractivity (Wildman–Crippen MR) is 80.0 cm³/mol. The van der Waals surface area contributed by atoms with Crippen LogP contribution in [0.5, 0.6) is 0 Å². The summed E-state index contributed by atoms with van der Waals surface area (Å²) in [6, 6.07) is 2.27. The van der Waals surface area contributed by atoms with Gasteiger partial charge < -0.3 is 10.2 Å². The van der Waals surface area contributed by atoms with Gasteiger partial charge in [-0.2, -0.15) is 0 Å². The molecule has 0 unspecified atom stereocenters. The zero-order valence-electron chi connectivity index (χ0n) is 11.5. The Morgan fingerprint density at radius 2 is 2.05 bits per heavy atom. The minimum atomic E-state index is 0.261. The molecular weight excluding hydrogens is 274 g/mol. The molecule has 0 aromatic carbocycles. The number of hydrogen-bond donors (Lipinski definition) is 1. The van der Waals surface area contributed by atoms with Crippen molar-refractivity contribution in [1.29, 1.82) is 0 Å². The van der Waals surface area contributed by atoms with Gasteiger partial charge in [0, 0.05) is 37.4 Å². The van der Waals surface area contributed by atoms with Crippen LogP contribution in [0.4, 0.5) is 5.69 Å². The van der Waals surface area contributed by atoms with Crippen molar-refractivity contribution in [3.05, 3.63) is 23.5 Å². The van der Waals surface area contributed by atoms with Crippen LogP contribution in [0, 0.1) is 5.92 Å². The second kappa shape index (κ2) is 6.00. The maximum absolute atomic E-state index is 11.9. The van der Waals surface area contributed by atoms with Crippen molar-refractivity contribution in [3.8, 4) is 0 Å². The van der Waals surface area contributed by atoms with Crippen LogP contribution in [0.2, 0.25) is 5.02 Å². The topological polar surface area (TPSA) is 45.2 Å². The zero-order valence-corrected chi connectivity index (χ0v) is 12.3. The van der Waals surface area contributed by atoms with Gasteiger partial charge in [0.1, 0.15) is 0 Å². The molecule has 1 saturated heterocycles. The minimum Gasteiger partial charge on any atom is -0.370 e. The van der Waals surface area contributed by atoms with Crippen LogP contribution in [0.15, 0.2) is 18.5 Å². The number of nitrogens with zero attached hydrogens (tertiary/aromatic N) is 2. The molecule has 1 aromatic rings. The van der Waals surface area contributed by atoms with Crippen LogP contribution >= 0.6 is 11.6 Å². The van der Waals surface area contributed by atoms with Gasteiger partial charge in [-0.1, -0.05) is 18.0 Å². The fourth-order valence-corrected chi connectivity index (χ4v) is 3.12. The number of piperidine rings is 1. The summed E-state index contributed by atoms with van der Waals surface area (Å²) in [7, 11) is 0. The summed E-state index contributed by atoms with van der Waals surface area (Å²) >= 11 is 6.17. The number of nitrogens with one attached hydrogen (secondary N) is 1. The standard InChI is InChI=1S/C15H20ClN3O/c16-13-10-17-7-4-14(13)19-8-5-12(6-9-19)18-15(20)11-2-1-3-11/h4,7,10-12H,1-3,5-6,8-9H2,(H,18,20). The van der Waals surface area contributed by atoms with Crippen molar-refractivity contribution in [2.45, 2.75) is 38.1 Å². The van der Waals surface area contributed by atoms with Crippen LogP contribution in [-0.4, -0.2) is 30.0 Å². The highest BCUT2D eigenvalue weighted by Gasteiger charge is 2.28. The van der Waals surface area contributed by atoms with E-state index in [1.165, 1.54) is 6.42 Å². The van der Waals surface area contributed by atoms with Crippen molar-refractivity contribution >= 4 is 23.2 Å². The van der Waals surface area contributed by atoms with E-state index in [1.807, 2.05) is 6.07 Å². The second-order valence-corrected chi connectivity index (χ2v) is 6.13. The maximum Gasteiger partial charge on any atom is 0.223 e. The lowest BCUT2D eigenvalue weighted by atomic mass is 9.84. The molecule has 2 fully saturated rings. The van der Waals surface area contributed by atoms with Crippen molar-refractivity contribution in [1.82, 2.24) is 10.3 Å². The lowest BCUT2D eigenvalue weighted by Gasteiger charge is -2.35. The largest absolute Gasteiger partial charge is 0.370 e. The highest BCUT2D eigenvalue weighted by molar-refractivity contribution is 6.33. The fraction of sp³-hybridized carbons (Fsp3) is 0.600. The molecule has 2 aliphatic rings. The smallest absolute Gasteiger partial charge is 0.223 e. The van der Waals surface area contributed by atoms with E-state index in [2.05, 4.69) is 15.2 Å². The molecule has 0 atom stereocenters. The first kappa shape index (κ1) is 13.7. The van der Waals surface area contributed by atoms with Crippen LogP contribution in [0.1, 0.15) is 32.1 Å². The van der Waals surface area contributed by atoms with E-state index in [4.69, 9.17) is 11.6 Å². The molecule has 1 amide bonds. The molecule has 0 bridgehead atoms. The highest BCUT2D eigenvalue weighted by Crippen LogP contribution is 2.28. The molecule has 2 heterocycles. The molecule has 0 spiro atoms. The maximum atomic E-state index is 11.9. The summed E-state index contributed by atoms with van der Waals surface area (Å²) < 4.78 is 0. The number of aromatic nitrogens is 1. The number of rotatable bonds is 3. The molecule has 108 valence electrons. The molecule has 1 aromatic heterocycles. The van der Waals surface area contributed by atoms with Gasteiger partial charge >= 0.3 is 0 Å². The molecule has 1 aliphatic heterocycles. The van der Waals surface area contributed by atoms with Crippen LogP contribution < -0.4 is 10.2 Å². The van der Waals surface area contributed by atoms with Gasteiger partial charge in [-0.3, -0.25) is 9.78 Å². The van der Waals surface area contributed by atoms with Gasteiger partial charge in [-0.15, -0.1) is 0 Å². The summed E-state index contributed by atoms with van der Waals surface area (Å²) in [6.45, 7) is 1.86. The number of carbonyl (C=O) groups is 1. The van der Waals surface area contributed by atoms with Crippen LogP contribution in [0.3, 0.4) is 0 Å². The van der Waals surface area contributed by atoms with Gasteiger partial charge in [-0.25, -0.2) is 0 Å². The third kappa shape index (κ3) is 2.90. The summed E-state index contributed by atoms with van der Waals surface area (Å²) in [5.74, 6) is 0.541. The Labute approximate surface area is 124 Å². The van der Waals surface area contributed by atoms with Gasteiger partial charge in [-0.05, 0) is 31.7 Å². The van der Waals surface area contributed by atoms with Crippen molar-refractivity contribution in [2.24, 2.45) is 5.92 Å². The van der Waals surface area contributed by atoms with Crippen molar-refractivity contribution < 1.29 is 4.79 Å². The Morgan fingerprint density at radius 1 is 1.30 bits per heavy atom. The molecule has 1 saturated carbocycles. The molecule has 20 heavy (non-hydrogen) atoms. The van der Waals surface area contributed by atoms with E-state index in [0.717, 1.165) is 44.5 Å². The zero-order chi connectivity index (χ0) is 13.9. The van der Waals surface area contributed by atoms with Gasteiger partial charge in [0.15, 0.2) is 0 Å². The fourth-order valence-electron chi connectivity index (χ4n) is 2.88. The number of amides is 1. The normalized spacial score (nSPS) is 20.6. The van der Waals surface area contributed by atoms with Crippen molar-refractivity contribution in [3.63, 3.8) is 0 Å². The quantitative estimate of drug-likeness (QED) is 0.932. The van der Waals surface area contributed by atoms with Gasteiger partial charge in [0.05, 0.1) is 10.7 Å². The van der Waals surface area contributed by atoms with E-state index in [-0.39, 0.29) is 11.8 Å². The SMILES string of the molecule is O=C(NC1CCN(c2ccncc2Cl)CC1)C1CCC1. The third-order valence-electron chi connectivity index (χ3n) is 4.41. The minimum absolute atomic E-state index is 0.261. The first-order valence-electron chi connectivity index (χ1n) is 7.39. The number of carbonyl (C=O) groups excluding carboxylic acids is 1. The molecular formula is C15H20ClN3O. The van der Waals surface area contributed by atoms with E-state index in [9.17, 15) is 4.79 Å². The molecule has 5 heteroatoms.